The maximum absolute atomic E-state index is 13.2. The highest BCUT2D eigenvalue weighted by atomic mass is 35.5. The number of nitrogens with zero attached hydrogens (tertiary/aromatic N) is 2. The lowest BCUT2D eigenvalue weighted by Crippen LogP contribution is -2.13. The molecule has 0 unspecified atom stereocenters. The van der Waals surface area contributed by atoms with Gasteiger partial charge in [-0.2, -0.15) is 0 Å². The van der Waals surface area contributed by atoms with E-state index in [2.05, 4.69) is 15.3 Å². The number of carbonyl (C=O) groups is 1. The highest BCUT2D eigenvalue weighted by Crippen LogP contribution is 2.19. The van der Waals surface area contributed by atoms with Gasteiger partial charge in [0.2, 0.25) is 0 Å². The standard InChI is InChI=1S/C19H15ClFN3O2/c20-16-8-12(1-5-17(16)21)7-13-2-6-18(23-9-13)24-19(26)14-3-4-15(11-25)22-10-14/h1-6,8-10,25H,7,11H2,(H,23,24,26). The molecule has 0 spiro atoms. The Morgan fingerprint density at radius 3 is 2.50 bits per heavy atom. The third kappa shape index (κ3) is 4.41. The molecule has 3 rings (SSSR count). The molecule has 0 saturated carbocycles. The second-order valence-electron chi connectivity index (χ2n) is 5.63. The van der Waals surface area contributed by atoms with Gasteiger partial charge in [-0.1, -0.05) is 23.7 Å². The molecule has 1 amide bonds. The Kier molecular flexibility index (Phi) is 5.55. The number of rotatable bonds is 5. The summed E-state index contributed by atoms with van der Waals surface area (Å²) >= 11 is 5.78. The van der Waals surface area contributed by atoms with Gasteiger partial charge in [-0.3, -0.25) is 9.78 Å². The molecule has 0 radical (unpaired) electrons. The number of amides is 1. The average molecular weight is 372 g/mol. The number of carbonyl (C=O) groups excluding carboxylic acids is 1. The van der Waals surface area contributed by atoms with E-state index in [4.69, 9.17) is 16.7 Å². The van der Waals surface area contributed by atoms with E-state index in [1.807, 2.05) is 6.07 Å². The first-order valence-corrected chi connectivity index (χ1v) is 8.19. The lowest BCUT2D eigenvalue weighted by atomic mass is 10.1. The maximum Gasteiger partial charge on any atom is 0.258 e. The predicted octanol–water partition coefficient (Wildman–Crippen LogP) is 3.60. The van der Waals surface area contributed by atoms with Crippen LogP contribution in [0.15, 0.2) is 54.9 Å². The van der Waals surface area contributed by atoms with Crippen molar-refractivity contribution in [3.05, 3.63) is 88.1 Å². The average Bonchev–Trinajstić information content (AvgIpc) is 2.66. The second-order valence-corrected chi connectivity index (χ2v) is 6.03. The molecule has 0 fully saturated rings. The normalized spacial score (nSPS) is 10.6. The lowest BCUT2D eigenvalue weighted by molar-refractivity contribution is 0.102. The second kappa shape index (κ2) is 8.03. The fourth-order valence-electron chi connectivity index (χ4n) is 2.33. The summed E-state index contributed by atoms with van der Waals surface area (Å²) in [7, 11) is 0. The predicted molar refractivity (Wildman–Crippen MR) is 96.6 cm³/mol. The number of pyridine rings is 2. The number of hydrogen-bond donors (Lipinski definition) is 2. The van der Waals surface area contributed by atoms with Gasteiger partial charge in [0.15, 0.2) is 0 Å². The number of benzene rings is 1. The third-order valence-corrected chi connectivity index (χ3v) is 4.00. The molecule has 2 heterocycles. The summed E-state index contributed by atoms with van der Waals surface area (Å²) in [5.41, 5.74) is 2.63. The van der Waals surface area contributed by atoms with Crippen LogP contribution < -0.4 is 5.32 Å². The molecular formula is C19H15ClFN3O2. The number of nitrogens with one attached hydrogen (secondary N) is 1. The van der Waals surface area contributed by atoms with Crippen LogP contribution in [0.3, 0.4) is 0 Å². The molecule has 0 aliphatic carbocycles. The zero-order valence-electron chi connectivity index (χ0n) is 13.6. The Hall–Kier alpha value is -2.83. The smallest absolute Gasteiger partial charge is 0.258 e. The van der Waals surface area contributed by atoms with Crippen LogP contribution in [0.4, 0.5) is 10.2 Å². The van der Waals surface area contributed by atoms with Crippen molar-refractivity contribution in [3.8, 4) is 0 Å². The molecule has 0 saturated heterocycles. The molecule has 132 valence electrons. The molecule has 0 aliphatic rings. The summed E-state index contributed by atoms with van der Waals surface area (Å²) in [5.74, 6) is -0.386. The summed E-state index contributed by atoms with van der Waals surface area (Å²) in [5, 5.41) is 11.7. The summed E-state index contributed by atoms with van der Waals surface area (Å²) in [4.78, 5) is 20.3. The van der Waals surface area contributed by atoms with Crippen molar-refractivity contribution in [2.24, 2.45) is 0 Å². The van der Waals surface area contributed by atoms with E-state index >= 15 is 0 Å². The van der Waals surface area contributed by atoms with Crippen molar-refractivity contribution in [1.82, 2.24) is 9.97 Å². The Morgan fingerprint density at radius 2 is 1.88 bits per heavy atom. The van der Waals surface area contributed by atoms with Gasteiger partial charge < -0.3 is 10.4 Å². The van der Waals surface area contributed by atoms with Crippen molar-refractivity contribution < 1.29 is 14.3 Å². The van der Waals surface area contributed by atoms with E-state index < -0.39 is 5.82 Å². The SMILES string of the molecule is O=C(Nc1ccc(Cc2ccc(F)c(Cl)c2)cn1)c1ccc(CO)nc1. The van der Waals surface area contributed by atoms with Crippen LogP contribution in [0.25, 0.3) is 0 Å². The molecular weight excluding hydrogens is 357 g/mol. The number of anilines is 1. The van der Waals surface area contributed by atoms with Crippen molar-refractivity contribution >= 4 is 23.3 Å². The van der Waals surface area contributed by atoms with Crippen LogP contribution in [0, 0.1) is 5.82 Å². The molecule has 5 nitrogen and oxygen atoms in total. The van der Waals surface area contributed by atoms with Gasteiger partial charge in [0.1, 0.15) is 11.6 Å². The zero-order valence-corrected chi connectivity index (χ0v) is 14.4. The fourth-order valence-corrected chi connectivity index (χ4v) is 2.53. The van der Waals surface area contributed by atoms with Gasteiger partial charge in [0.25, 0.3) is 5.91 Å². The first-order chi connectivity index (χ1) is 12.5. The molecule has 0 atom stereocenters. The van der Waals surface area contributed by atoms with Gasteiger partial charge in [-0.05, 0) is 47.9 Å². The van der Waals surface area contributed by atoms with Crippen LogP contribution in [0.5, 0.6) is 0 Å². The Balaban J connectivity index is 1.65. The van der Waals surface area contributed by atoms with Gasteiger partial charge in [0.05, 0.1) is 22.9 Å². The van der Waals surface area contributed by atoms with Gasteiger partial charge >= 0.3 is 0 Å². The van der Waals surface area contributed by atoms with Crippen LogP contribution in [0.1, 0.15) is 27.2 Å². The molecule has 1 aromatic carbocycles. The quantitative estimate of drug-likeness (QED) is 0.718. The van der Waals surface area contributed by atoms with E-state index in [0.29, 0.717) is 23.5 Å². The largest absolute Gasteiger partial charge is 0.390 e. The number of aliphatic hydroxyl groups is 1. The number of hydrogen-bond acceptors (Lipinski definition) is 4. The minimum Gasteiger partial charge on any atom is -0.390 e. The summed E-state index contributed by atoms with van der Waals surface area (Å²) < 4.78 is 13.2. The molecule has 2 aromatic heterocycles. The van der Waals surface area contributed by atoms with Crippen LogP contribution in [0.2, 0.25) is 5.02 Å². The number of aromatic nitrogens is 2. The van der Waals surface area contributed by atoms with E-state index in [-0.39, 0.29) is 17.5 Å². The number of halogens is 2. The minimum absolute atomic E-state index is 0.0835. The van der Waals surface area contributed by atoms with Gasteiger partial charge in [-0.15, -0.1) is 0 Å². The highest BCUT2D eigenvalue weighted by molar-refractivity contribution is 6.30. The maximum atomic E-state index is 13.2. The monoisotopic (exact) mass is 371 g/mol. The first kappa shape index (κ1) is 18.0. The van der Waals surface area contributed by atoms with E-state index in [0.717, 1.165) is 11.1 Å². The lowest BCUT2D eigenvalue weighted by Gasteiger charge is -2.07. The highest BCUT2D eigenvalue weighted by Gasteiger charge is 2.08. The van der Waals surface area contributed by atoms with Crippen molar-refractivity contribution in [1.29, 1.82) is 0 Å². The van der Waals surface area contributed by atoms with Crippen LogP contribution in [-0.4, -0.2) is 21.0 Å². The summed E-state index contributed by atoms with van der Waals surface area (Å²) in [6, 6.07) is 11.3. The van der Waals surface area contributed by atoms with E-state index in [9.17, 15) is 9.18 Å². The zero-order chi connectivity index (χ0) is 18.5. The summed E-state index contributed by atoms with van der Waals surface area (Å²) in [6.07, 6.45) is 3.58. The van der Waals surface area contributed by atoms with E-state index in [1.165, 1.54) is 12.3 Å². The fraction of sp³-hybridized carbons (Fsp3) is 0.105. The topological polar surface area (TPSA) is 75.1 Å². The molecule has 0 bridgehead atoms. The van der Waals surface area contributed by atoms with Crippen molar-refractivity contribution in [3.63, 3.8) is 0 Å². The summed E-state index contributed by atoms with van der Waals surface area (Å²) in [6.45, 7) is -0.176. The minimum atomic E-state index is -0.451. The van der Waals surface area contributed by atoms with E-state index in [1.54, 1.807) is 36.5 Å². The Labute approximate surface area is 154 Å². The first-order valence-electron chi connectivity index (χ1n) is 7.81. The van der Waals surface area contributed by atoms with Crippen molar-refractivity contribution in [2.45, 2.75) is 13.0 Å². The Morgan fingerprint density at radius 1 is 1.08 bits per heavy atom. The molecule has 7 heteroatoms. The molecule has 3 aromatic rings. The van der Waals surface area contributed by atoms with Crippen LogP contribution in [-0.2, 0) is 13.0 Å². The van der Waals surface area contributed by atoms with Gasteiger partial charge in [-0.25, -0.2) is 9.37 Å². The van der Waals surface area contributed by atoms with Gasteiger partial charge in [0, 0.05) is 12.4 Å². The third-order valence-electron chi connectivity index (χ3n) is 3.71. The molecule has 2 N–H and O–H groups in total. The molecule has 26 heavy (non-hydrogen) atoms. The molecule has 0 aliphatic heterocycles. The Bertz CT molecular complexity index is 915. The number of aliphatic hydroxyl groups excluding tert-OH is 1. The van der Waals surface area contributed by atoms with Crippen LogP contribution >= 0.6 is 11.6 Å². The van der Waals surface area contributed by atoms with Crippen molar-refractivity contribution in [2.75, 3.05) is 5.32 Å².